The number of nitrogens with zero attached hydrogens (tertiary/aromatic N) is 2. The topological polar surface area (TPSA) is 86.8 Å². The molecule has 0 bridgehead atoms. The van der Waals surface area contributed by atoms with Crippen molar-refractivity contribution < 1.29 is 18.0 Å². The second kappa shape index (κ2) is 15.4. The van der Waals surface area contributed by atoms with Gasteiger partial charge in [0.05, 0.1) is 20.6 Å². The third-order valence-corrected chi connectivity index (χ3v) is 10.1. The first-order valence-corrected chi connectivity index (χ1v) is 16.9. The molecule has 0 aliphatic heterocycles. The number of hydrogen-bond acceptors (Lipinski definition) is 4. The lowest BCUT2D eigenvalue weighted by atomic mass is 10.0. The quantitative estimate of drug-likeness (QED) is 0.166. The van der Waals surface area contributed by atoms with Crippen LogP contribution in [0.15, 0.2) is 108 Å². The van der Waals surface area contributed by atoms with Crippen LogP contribution in [0.2, 0.25) is 10.0 Å². The summed E-state index contributed by atoms with van der Waals surface area (Å²) in [5.74, 6) is -0.893. The minimum atomic E-state index is -4.16. The van der Waals surface area contributed by atoms with Gasteiger partial charge in [0.15, 0.2) is 0 Å². The van der Waals surface area contributed by atoms with Gasteiger partial charge in [0.25, 0.3) is 10.0 Å². The van der Waals surface area contributed by atoms with Gasteiger partial charge in [-0.15, -0.1) is 0 Å². The summed E-state index contributed by atoms with van der Waals surface area (Å²) in [6.07, 6.45) is 0.910. The van der Waals surface area contributed by atoms with E-state index in [9.17, 15) is 18.0 Å². The number of nitrogens with one attached hydrogen (secondary N) is 1. The molecule has 1 N–H and O–H groups in total. The predicted octanol–water partition coefficient (Wildman–Crippen LogP) is 7.05. The Bertz CT molecular complexity index is 1700. The van der Waals surface area contributed by atoms with E-state index in [0.717, 1.165) is 15.4 Å². The highest BCUT2D eigenvalue weighted by Gasteiger charge is 2.35. The molecule has 0 aliphatic carbocycles. The van der Waals surface area contributed by atoms with E-state index >= 15 is 0 Å². The zero-order chi connectivity index (χ0) is 32.6. The Morgan fingerprint density at radius 3 is 2.04 bits per heavy atom. The minimum Gasteiger partial charge on any atom is -0.352 e. The number of carbonyl (C=O) groups is 2. The van der Waals surface area contributed by atoms with Gasteiger partial charge in [-0.2, -0.15) is 0 Å². The number of amides is 2. The van der Waals surface area contributed by atoms with Crippen LogP contribution in [0.5, 0.6) is 0 Å². The summed E-state index contributed by atoms with van der Waals surface area (Å²) in [4.78, 5) is 29.9. The number of hydrogen-bond donors (Lipinski definition) is 1. The Balaban J connectivity index is 1.81. The van der Waals surface area contributed by atoms with Crippen molar-refractivity contribution in [3.05, 3.63) is 130 Å². The Labute approximate surface area is 275 Å². The first-order chi connectivity index (χ1) is 21.5. The Hall–Kier alpha value is -3.85. The molecular formula is C35H37Cl2N3O4S. The number of carbonyl (C=O) groups excluding carboxylic acids is 2. The van der Waals surface area contributed by atoms with Crippen LogP contribution in [-0.4, -0.2) is 43.8 Å². The molecule has 2 atom stereocenters. The number of halogens is 2. The molecule has 2 amide bonds. The van der Waals surface area contributed by atoms with E-state index < -0.39 is 28.5 Å². The largest absolute Gasteiger partial charge is 0.352 e. The average Bonchev–Trinajstić information content (AvgIpc) is 3.04. The molecule has 0 unspecified atom stereocenters. The molecule has 236 valence electrons. The molecule has 7 nitrogen and oxygen atoms in total. The number of rotatable bonds is 13. The predicted molar refractivity (Wildman–Crippen MR) is 181 cm³/mol. The third kappa shape index (κ3) is 8.87. The maximum absolute atomic E-state index is 14.5. The van der Waals surface area contributed by atoms with Crippen LogP contribution in [-0.2, 0) is 32.6 Å². The molecule has 4 rings (SSSR count). The van der Waals surface area contributed by atoms with E-state index in [2.05, 4.69) is 5.32 Å². The van der Waals surface area contributed by atoms with E-state index in [1.54, 1.807) is 60.7 Å². The summed E-state index contributed by atoms with van der Waals surface area (Å²) in [5.41, 5.74) is 2.75. The van der Waals surface area contributed by atoms with Crippen LogP contribution in [0.3, 0.4) is 0 Å². The lowest BCUT2D eigenvalue weighted by molar-refractivity contribution is -0.140. The van der Waals surface area contributed by atoms with E-state index in [-0.39, 0.29) is 29.8 Å². The molecule has 0 aromatic heterocycles. The molecule has 0 spiro atoms. The van der Waals surface area contributed by atoms with Crippen LogP contribution in [0.1, 0.15) is 37.0 Å². The van der Waals surface area contributed by atoms with Gasteiger partial charge in [0.2, 0.25) is 11.8 Å². The molecule has 4 aromatic rings. The number of benzene rings is 4. The van der Waals surface area contributed by atoms with Gasteiger partial charge in [-0.3, -0.25) is 13.9 Å². The monoisotopic (exact) mass is 665 g/mol. The van der Waals surface area contributed by atoms with Crippen molar-refractivity contribution in [2.75, 3.05) is 10.8 Å². The van der Waals surface area contributed by atoms with Crippen molar-refractivity contribution >= 4 is 50.7 Å². The number of anilines is 1. The van der Waals surface area contributed by atoms with Gasteiger partial charge < -0.3 is 10.2 Å². The molecule has 45 heavy (non-hydrogen) atoms. The molecule has 0 heterocycles. The van der Waals surface area contributed by atoms with Crippen molar-refractivity contribution in [1.29, 1.82) is 0 Å². The molecule has 10 heteroatoms. The highest BCUT2D eigenvalue weighted by Crippen LogP contribution is 2.27. The Morgan fingerprint density at radius 2 is 1.44 bits per heavy atom. The molecule has 0 saturated heterocycles. The van der Waals surface area contributed by atoms with Gasteiger partial charge in [-0.1, -0.05) is 102 Å². The van der Waals surface area contributed by atoms with Crippen molar-refractivity contribution in [2.24, 2.45) is 0 Å². The minimum absolute atomic E-state index is 0.00568. The lowest BCUT2D eigenvalue weighted by Gasteiger charge is -2.34. The second-order valence-corrected chi connectivity index (χ2v) is 13.6. The summed E-state index contributed by atoms with van der Waals surface area (Å²) >= 11 is 12.5. The van der Waals surface area contributed by atoms with Gasteiger partial charge >= 0.3 is 0 Å². The van der Waals surface area contributed by atoms with E-state index in [0.29, 0.717) is 27.7 Å². The molecule has 0 saturated carbocycles. The van der Waals surface area contributed by atoms with Gasteiger partial charge in [0.1, 0.15) is 12.6 Å². The maximum atomic E-state index is 14.5. The van der Waals surface area contributed by atoms with Gasteiger partial charge in [-0.25, -0.2) is 8.42 Å². The SMILES string of the molecule is CC[C@H](C)NC(=O)[C@H](Cc1ccccc1)N(Cc1ccc(Cl)c(Cl)c1)C(=O)CN(c1ccc(C)cc1)S(=O)(=O)c1ccccc1. The van der Waals surface area contributed by atoms with Crippen molar-refractivity contribution in [3.63, 3.8) is 0 Å². The summed E-state index contributed by atoms with van der Waals surface area (Å²) in [6, 6.07) is 28.2. The zero-order valence-electron chi connectivity index (χ0n) is 25.5. The first kappa shape index (κ1) is 34.0. The van der Waals surface area contributed by atoms with Crippen LogP contribution >= 0.6 is 23.2 Å². The van der Waals surface area contributed by atoms with Crippen LogP contribution < -0.4 is 9.62 Å². The van der Waals surface area contributed by atoms with Gasteiger partial charge in [0, 0.05) is 19.0 Å². The summed E-state index contributed by atoms with van der Waals surface area (Å²) in [7, 11) is -4.16. The molecular weight excluding hydrogens is 629 g/mol. The molecule has 0 aliphatic rings. The van der Waals surface area contributed by atoms with E-state index in [1.807, 2.05) is 51.1 Å². The summed E-state index contributed by atoms with van der Waals surface area (Å²) in [5, 5.41) is 3.69. The normalized spacial score (nSPS) is 12.6. The van der Waals surface area contributed by atoms with Crippen molar-refractivity contribution in [3.8, 4) is 0 Å². The van der Waals surface area contributed by atoms with Crippen molar-refractivity contribution in [2.45, 2.75) is 57.1 Å². The van der Waals surface area contributed by atoms with Crippen LogP contribution in [0, 0.1) is 6.92 Å². The fraction of sp³-hybridized carbons (Fsp3) is 0.257. The lowest BCUT2D eigenvalue weighted by Crippen LogP contribution is -2.54. The fourth-order valence-corrected chi connectivity index (χ4v) is 6.55. The Morgan fingerprint density at radius 1 is 0.822 bits per heavy atom. The zero-order valence-corrected chi connectivity index (χ0v) is 27.8. The van der Waals surface area contributed by atoms with E-state index in [4.69, 9.17) is 23.2 Å². The second-order valence-electron chi connectivity index (χ2n) is 11.0. The first-order valence-electron chi connectivity index (χ1n) is 14.7. The molecule has 0 fully saturated rings. The Kier molecular flexibility index (Phi) is 11.7. The smallest absolute Gasteiger partial charge is 0.264 e. The number of aryl methyl sites for hydroxylation is 1. The summed E-state index contributed by atoms with van der Waals surface area (Å²) in [6.45, 7) is 5.21. The summed E-state index contributed by atoms with van der Waals surface area (Å²) < 4.78 is 29.2. The highest BCUT2D eigenvalue weighted by atomic mass is 35.5. The fourth-order valence-electron chi connectivity index (χ4n) is 4.79. The van der Waals surface area contributed by atoms with Crippen LogP contribution in [0.4, 0.5) is 5.69 Å². The van der Waals surface area contributed by atoms with Gasteiger partial charge in [-0.05, 0) is 67.8 Å². The van der Waals surface area contributed by atoms with E-state index in [1.165, 1.54) is 17.0 Å². The van der Waals surface area contributed by atoms with Crippen LogP contribution in [0.25, 0.3) is 0 Å². The average molecular weight is 667 g/mol. The maximum Gasteiger partial charge on any atom is 0.264 e. The van der Waals surface area contributed by atoms with Crippen molar-refractivity contribution in [1.82, 2.24) is 10.2 Å². The third-order valence-electron chi connectivity index (χ3n) is 7.54. The highest BCUT2D eigenvalue weighted by molar-refractivity contribution is 7.92. The molecule has 0 radical (unpaired) electrons. The standard InChI is InChI=1S/C35H37Cl2N3O4S/c1-4-26(3)38-35(42)33(22-27-11-7-5-8-12-27)39(23-28-17-20-31(36)32(37)21-28)34(41)24-40(29-18-15-25(2)16-19-29)45(43,44)30-13-9-6-10-14-30/h5-21,26,33H,4,22-24H2,1-3H3,(H,38,42)/t26-,33-/m0/s1. The number of sulfonamides is 1. The molecule has 4 aromatic carbocycles.